The number of amides is 1. The summed E-state index contributed by atoms with van der Waals surface area (Å²) in [5.74, 6) is 1.49. The van der Waals surface area contributed by atoms with Crippen molar-refractivity contribution in [1.29, 1.82) is 0 Å². The van der Waals surface area contributed by atoms with Crippen molar-refractivity contribution in [1.82, 2.24) is 15.5 Å². The molecule has 0 spiro atoms. The largest absolute Gasteiger partial charge is 0.356 e. The molecular formula is C16H32N4O. The maximum absolute atomic E-state index is 11.7. The fourth-order valence-corrected chi connectivity index (χ4v) is 2.52. The average molecular weight is 296 g/mol. The zero-order valence-electron chi connectivity index (χ0n) is 14.1. The minimum atomic E-state index is 0.0325. The van der Waals surface area contributed by atoms with Crippen LogP contribution in [0.5, 0.6) is 0 Å². The number of aliphatic imine (C=N–C) groups is 1. The van der Waals surface area contributed by atoms with E-state index in [0.717, 1.165) is 25.3 Å². The molecule has 0 atom stereocenters. The lowest BCUT2D eigenvalue weighted by atomic mass is 10.0. The van der Waals surface area contributed by atoms with Gasteiger partial charge < -0.3 is 15.5 Å². The lowest BCUT2D eigenvalue weighted by Gasteiger charge is -2.20. The molecule has 2 N–H and O–H groups in total. The monoisotopic (exact) mass is 296 g/mol. The van der Waals surface area contributed by atoms with Crippen molar-refractivity contribution in [3.05, 3.63) is 0 Å². The Hall–Kier alpha value is -1.26. The van der Waals surface area contributed by atoms with Crippen LogP contribution in [-0.4, -0.2) is 50.0 Å². The maximum atomic E-state index is 11.7. The van der Waals surface area contributed by atoms with Crippen molar-refractivity contribution in [2.75, 3.05) is 27.2 Å². The topological polar surface area (TPSA) is 56.7 Å². The number of likely N-dealkylation sites (N-methyl/N-ethyl adjacent to an activating group) is 1. The van der Waals surface area contributed by atoms with Gasteiger partial charge in [-0.1, -0.05) is 39.5 Å². The zero-order chi connectivity index (χ0) is 15.7. The summed E-state index contributed by atoms with van der Waals surface area (Å²) in [5.41, 5.74) is 0. The Morgan fingerprint density at radius 3 is 2.38 bits per heavy atom. The van der Waals surface area contributed by atoms with E-state index in [0.29, 0.717) is 12.0 Å². The van der Waals surface area contributed by atoms with Crippen molar-refractivity contribution in [3.8, 4) is 0 Å². The third kappa shape index (κ3) is 6.82. The third-order valence-corrected chi connectivity index (χ3v) is 4.28. The van der Waals surface area contributed by atoms with Gasteiger partial charge in [-0.3, -0.25) is 4.79 Å². The first-order chi connectivity index (χ1) is 10.1. The molecule has 1 saturated carbocycles. The minimum Gasteiger partial charge on any atom is -0.356 e. The summed E-state index contributed by atoms with van der Waals surface area (Å²) in [6.07, 6.45) is 7.30. The number of nitrogens with zero attached hydrogens (tertiary/aromatic N) is 2. The molecular weight excluding hydrogens is 264 g/mol. The van der Waals surface area contributed by atoms with Crippen molar-refractivity contribution in [2.45, 2.75) is 58.4 Å². The van der Waals surface area contributed by atoms with Crippen molar-refractivity contribution >= 4 is 11.9 Å². The van der Waals surface area contributed by atoms with Gasteiger partial charge in [0.25, 0.3) is 0 Å². The van der Waals surface area contributed by atoms with E-state index in [1.54, 1.807) is 19.0 Å². The Bertz CT molecular complexity index is 331. The van der Waals surface area contributed by atoms with Gasteiger partial charge >= 0.3 is 0 Å². The Morgan fingerprint density at radius 2 is 1.86 bits per heavy atom. The normalized spacial score (nSPS) is 16.3. The Labute approximate surface area is 129 Å². The molecule has 5 nitrogen and oxygen atoms in total. The number of hydrogen-bond acceptors (Lipinski definition) is 2. The fourth-order valence-electron chi connectivity index (χ4n) is 2.52. The smallest absolute Gasteiger partial charge is 0.243 e. The highest BCUT2D eigenvalue weighted by Gasteiger charge is 2.17. The number of hydrogen-bond donors (Lipinski definition) is 2. The Kier molecular flexibility index (Phi) is 8.16. The highest BCUT2D eigenvalue weighted by molar-refractivity contribution is 5.84. The molecule has 1 amide bonds. The van der Waals surface area contributed by atoms with Gasteiger partial charge in [-0.15, -0.1) is 0 Å². The van der Waals surface area contributed by atoms with Gasteiger partial charge in [0.15, 0.2) is 5.96 Å². The van der Waals surface area contributed by atoms with Gasteiger partial charge in [0.05, 0.1) is 0 Å². The molecule has 0 aromatic carbocycles. The molecule has 0 aromatic rings. The predicted octanol–water partition coefficient (Wildman–Crippen LogP) is 1.99. The van der Waals surface area contributed by atoms with Crippen molar-refractivity contribution in [2.24, 2.45) is 10.9 Å². The number of carbonyl (C=O) groups is 1. The van der Waals surface area contributed by atoms with Crippen LogP contribution in [0.4, 0.5) is 0 Å². The highest BCUT2D eigenvalue weighted by atomic mass is 16.2. The lowest BCUT2D eigenvalue weighted by Crippen LogP contribution is -2.44. The first-order valence-corrected chi connectivity index (χ1v) is 8.31. The predicted molar refractivity (Wildman–Crippen MR) is 88.5 cm³/mol. The average Bonchev–Trinajstić information content (AvgIpc) is 2.97. The molecule has 1 aliphatic rings. The van der Waals surface area contributed by atoms with Gasteiger partial charge in [-0.2, -0.15) is 0 Å². The number of rotatable bonds is 7. The third-order valence-electron chi connectivity index (χ3n) is 4.28. The van der Waals surface area contributed by atoms with Crippen LogP contribution in [-0.2, 0) is 4.79 Å². The van der Waals surface area contributed by atoms with E-state index in [9.17, 15) is 4.79 Å². The van der Waals surface area contributed by atoms with Crippen LogP contribution in [0.3, 0.4) is 0 Å². The molecule has 0 aromatic heterocycles. The van der Waals surface area contributed by atoms with E-state index in [4.69, 9.17) is 0 Å². The van der Waals surface area contributed by atoms with E-state index >= 15 is 0 Å². The summed E-state index contributed by atoms with van der Waals surface area (Å²) in [6, 6.07) is 0.507. The molecule has 0 bridgehead atoms. The molecule has 0 radical (unpaired) electrons. The van der Waals surface area contributed by atoms with E-state index in [1.165, 1.54) is 25.7 Å². The van der Waals surface area contributed by atoms with Crippen LogP contribution in [0.25, 0.3) is 0 Å². The zero-order valence-corrected chi connectivity index (χ0v) is 14.1. The van der Waals surface area contributed by atoms with E-state index in [-0.39, 0.29) is 12.5 Å². The first kappa shape index (κ1) is 17.8. The molecule has 0 unspecified atom stereocenters. The van der Waals surface area contributed by atoms with Crippen LogP contribution in [0.1, 0.15) is 52.4 Å². The second-order valence-corrected chi connectivity index (χ2v) is 6.14. The fraction of sp³-hybridized carbons (Fsp3) is 0.875. The van der Waals surface area contributed by atoms with Crippen LogP contribution < -0.4 is 10.6 Å². The molecule has 0 heterocycles. The molecule has 21 heavy (non-hydrogen) atoms. The maximum Gasteiger partial charge on any atom is 0.243 e. The molecule has 1 rings (SSSR count). The summed E-state index contributed by atoms with van der Waals surface area (Å²) < 4.78 is 0. The molecule has 1 aliphatic carbocycles. The number of guanidine groups is 1. The quantitative estimate of drug-likeness (QED) is 0.558. The van der Waals surface area contributed by atoms with Crippen LogP contribution in [0.15, 0.2) is 4.99 Å². The minimum absolute atomic E-state index is 0.0325. The number of nitrogens with one attached hydrogen (secondary N) is 2. The van der Waals surface area contributed by atoms with Gasteiger partial charge in [0.1, 0.15) is 6.54 Å². The van der Waals surface area contributed by atoms with Crippen molar-refractivity contribution in [3.63, 3.8) is 0 Å². The van der Waals surface area contributed by atoms with E-state index in [1.807, 2.05) is 0 Å². The van der Waals surface area contributed by atoms with Gasteiger partial charge in [-0.25, -0.2) is 4.99 Å². The molecule has 122 valence electrons. The lowest BCUT2D eigenvalue weighted by molar-refractivity contribution is -0.127. The van der Waals surface area contributed by atoms with Gasteiger partial charge in [0.2, 0.25) is 5.91 Å². The van der Waals surface area contributed by atoms with Gasteiger partial charge in [-0.05, 0) is 18.8 Å². The summed E-state index contributed by atoms with van der Waals surface area (Å²) in [4.78, 5) is 17.7. The molecule has 1 fully saturated rings. The molecule has 5 heteroatoms. The number of carbonyl (C=O) groups excluding carboxylic acids is 1. The van der Waals surface area contributed by atoms with Crippen LogP contribution in [0, 0.1) is 5.92 Å². The second kappa shape index (κ2) is 9.64. The first-order valence-electron chi connectivity index (χ1n) is 8.31. The summed E-state index contributed by atoms with van der Waals surface area (Å²) in [6.45, 7) is 5.55. The second-order valence-electron chi connectivity index (χ2n) is 6.14. The summed E-state index contributed by atoms with van der Waals surface area (Å²) >= 11 is 0. The molecule has 0 aliphatic heterocycles. The van der Waals surface area contributed by atoms with Crippen molar-refractivity contribution < 1.29 is 4.79 Å². The molecule has 0 saturated heterocycles. The van der Waals surface area contributed by atoms with E-state index < -0.39 is 0 Å². The van der Waals surface area contributed by atoms with Crippen LogP contribution in [0.2, 0.25) is 0 Å². The van der Waals surface area contributed by atoms with Crippen LogP contribution >= 0.6 is 0 Å². The van der Waals surface area contributed by atoms with Gasteiger partial charge in [0, 0.05) is 26.7 Å². The summed E-state index contributed by atoms with van der Waals surface area (Å²) in [7, 11) is 3.53. The van der Waals surface area contributed by atoms with E-state index in [2.05, 4.69) is 29.5 Å². The SMILES string of the molecule is CCC(CC)CNC(=NCC(=O)N(C)C)NC1CCCC1. The Morgan fingerprint density at radius 1 is 1.24 bits per heavy atom. The Balaban J connectivity index is 2.55. The standard InChI is InChI=1S/C16H32N4O/c1-5-13(6-2)11-17-16(18-12-15(21)20(3)4)19-14-9-7-8-10-14/h13-14H,5-12H2,1-4H3,(H2,17,18,19). The highest BCUT2D eigenvalue weighted by Crippen LogP contribution is 2.17. The summed E-state index contributed by atoms with van der Waals surface area (Å²) in [5, 5.41) is 6.89.